The molecule has 0 aromatic carbocycles. The molecule has 2 heterocycles. The Hall–Kier alpha value is -2.07. The molecule has 21 heteroatoms. The molecule has 1 unspecified atom stereocenters. The lowest BCUT2D eigenvalue weighted by Gasteiger charge is -2.35. The standard InChI is InChI=1S/C43H79N2O17PS/c1-35(46)55-33-38(34-57-63(49,50)56-30-28-45(3,4)5)60-41(48)24-20-16-14-15-19-23-40-42-39(59-36(2)47)25-27-43(61-40,62-42)26-21-17-12-10-8-6-7-9-11-13-18-22-29-54-31-37(44)32-58-64(51,52)53/h20,24,37-40,42H,6-19,21-23,25-34,44H2,1-5H3,(H-,49,50,51,52,53)/b24-20+/t37-,38+,39+,40+,42+,43-/m0/s1. The molecule has 0 radical (unpaired) electrons. The van der Waals surface area contributed by atoms with Crippen molar-refractivity contribution >= 4 is 36.1 Å². The first kappa shape index (κ1) is 58.1. The molecule has 0 aliphatic carbocycles. The Kier molecular flexibility index (Phi) is 28.2. The van der Waals surface area contributed by atoms with Gasteiger partial charge in [-0.05, 0) is 38.5 Å². The molecule has 7 atom stereocenters. The van der Waals surface area contributed by atoms with Crippen LogP contribution in [-0.4, -0.2) is 139 Å². The molecule has 0 aromatic rings. The Balaban J connectivity index is 1.62. The van der Waals surface area contributed by atoms with Crippen LogP contribution in [0.25, 0.3) is 0 Å². The molecule has 0 saturated carbocycles. The molecule has 64 heavy (non-hydrogen) atoms. The van der Waals surface area contributed by atoms with Crippen LogP contribution in [-0.2, 0) is 71.0 Å². The SMILES string of the molecule is CC(=O)OC[C@H](COP(=O)([O-])OCC[N+](C)(C)C)OC(=O)/C=C/CCCCC[C@H]1O[C@]2(CCCCCCCCCCCCCCOC[C@H](N)COS(=O)(=O)O)CC[C@@H](OC(C)=O)[C@H]1O2. The van der Waals surface area contributed by atoms with Gasteiger partial charge in [-0.25, -0.2) is 8.98 Å². The summed E-state index contributed by atoms with van der Waals surface area (Å²) in [6.07, 6.45) is 20.7. The number of hydrogen-bond acceptors (Lipinski definition) is 17. The Morgan fingerprint density at radius 1 is 0.844 bits per heavy atom. The number of phosphoric ester groups is 1. The van der Waals surface area contributed by atoms with E-state index >= 15 is 0 Å². The Labute approximate surface area is 381 Å². The number of likely N-dealkylation sites (N-methyl/N-ethyl adjacent to an activating group) is 1. The average molecular weight is 959 g/mol. The number of allylic oxidation sites excluding steroid dienone is 1. The zero-order valence-electron chi connectivity index (χ0n) is 39.0. The number of quaternary nitrogens is 1. The van der Waals surface area contributed by atoms with Gasteiger partial charge in [0.05, 0.1) is 53.1 Å². The second kappa shape index (κ2) is 31.1. The Morgan fingerprint density at radius 2 is 1.47 bits per heavy atom. The largest absolute Gasteiger partial charge is 0.756 e. The fraction of sp³-hybridized carbons (Fsp3) is 0.884. The highest BCUT2D eigenvalue weighted by atomic mass is 32.3. The second-order valence-electron chi connectivity index (χ2n) is 17.9. The monoisotopic (exact) mass is 958 g/mol. The average Bonchev–Trinajstić information content (AvgIpc) is 3.49. The van der Waals surface area contributed by atoms with Gasteiger partial charge in [0.15, 0.2) is 11.9 Å². The molecule has 2 rings (SSSR count). The number of carbonyl (C=O) groups is 3. The maximum Gasteiger partial charge on any atom is 0.397 e. The second-order valence-corrected chi connectivity index (χ2v) is 20.4. The van der Waals surface area contributed by atoms with Gasteiger partial charge in [0.25, 0.3) is 7.82 Å². The fourth-order valence-corrected chi connectivity index (χ4v) is 8.49. The summed E-state index contributed by atoms with van der Waals surface area (Å²) in [6, 6.07) is -0.615. The third-order valence-electron chi connectivity index (χ3n) is 10.7. The summed E-state index contributed by atoms with van der Waals surface area (Å²) in [5, 5.41) is 0. The number of fused-ring (bicyclic) bond motifs is 2. The number of nitrogens with two attached hydrogens (primary N) is 1. The number of esters is 3. The van der Waals surface area contributed by atoms with E-state index in [0.29, 0.717) is 36.9 Å². The molecule has 0 amide bonds. The van der Waals surface area contributed by atoms with E-state index in [4.69, 9.17) is 47.8 Å². The van der Waals surface area contributed by atoms with Crippen LogP contribution in [0, 0.1) is 0 Å². The zero-order valence-corrected chi connectivity index (χ0v) is 40.7. The van der Waals surface area contributed by atoms with Crippen LogP contribution in [0.5, 0.6) is 0 Å². The van der Waals surface area contributed by atoms with Crippen LogP contribution in [0.1, 0.15) is 142 Å². The highest BCUT2D eigenvalue weighted by molar-refractivity contribution is 7.80. The molecular weight excluding hydrogens is 880 g/mol. The van der Waals surface area contributed by atoms with Gasteiger partial charge in [0, 0.05) is 39.4 Å². The van der Waals surface area contributed by atoms with Gasteiger partial charge in [-0.2, -0.15) is 8.42 Å². The minimum Gasteiger partial charge on any atom is -0.756 e. The third kappa shape index (κ3) is 28.9. The van der Waals surface area contributed by atoms with Crippen LogP contribution >= 0.6 is 7.82 Å². The van der Waals surface area contributed by atoms with Gasteiger partial charge in [0.2, 0.25) is 0 Å². The lowest BCUT2D eigenvalue weighted by Crippen LogP contribution is -2.43. The van der Waals surface area contributed by atoms with Crippen molar-refractivity contribution in [3.63, 3.8) is 0 Å². The lowest BCUT2D eigenvalue weighted by molar-refractivity contribution is -0.870. The number of nitrogens with zero attached hydrogens (tertiary/aromatic N) is 1. The van der Waals surface area contributed by atoms with E-state index in [9.17, 15) is 32.3 Å². The smallest absolute Gasteiger partial charge is 0.397 e. The van der Waals surface area contributed by atoms with Crippen LogP contribution in [0.2, 0.25) is 0 Å². The first-order valence-electron chi connectivity index (χ1n) is 23.1. The molecule has 19 nitrogen and oxygen atoms in total. The minimum absolute atomic E-state index is 0.0853. The maximum atomic E-state index is 12.5. The topological polar surface area (TPSA) is 255 Å². The van der Waals surface area contributed by atoms with Crippen LogP contribution in [0.15, 0.2) is 12.2 Å². The summed E-state index contributed by atoms with van der Waals surface area (Å²) in [5.41, 5.74) is 5.69. The van der Waals surface area contributed by atoms with E-state index < -0.39 is 54.7 Å². The zero-order chi connectivity index (χ0) is 47.5. The van der Waals surface area contributed by atoms with E-state index in [1.807, 2.05) is 21.1 Å². The van der Waals surface area contributed by atoms with Gasteiger partial charge in [-0.15, -0.1) is 0 Å². The summed E-state index contributed by atoms with van der Waals surface area (Å²) >= 11 is 0. The molecule has 2 fully saturated rings. The van der Waals surface area contributed by atoms with Crippen molar-refractivity contribution in [3.05, 3.63) is 12.2 Å². The maximum absolute atomic E-state index is 12.5. The molecule has 374 valence electrons. The van der Waals surface area contributed by atoms with Gasteiger partial charge in [-0.1, -0.05) is 83.1 Å². The minimum atomic E-state index is -4.67. The van der Waals surface area contributed by atoms with E-state index in [-0.39, 0.29) is 50.7 Å². The van der Waals surface area contributed by atoms with Gasteiger partial charge in [0.1, 0.15) is 32.0 Å². The molecule has 2 aliphatic heterocycles. The molecule has 0 spiro atoms. The molecule has 2 saturated heterocycles. The summed E-state index contributed by atoms with van der Waals surface area (Å²) in [5.74, 6) is -2.32. The molecular formula is C43H79N2O17PS. The van der Waals surface area contributed by atoms with E-state index in [2.05, 4.69) is 4.18 Å². The molecule has 3 N–H and O–H groups in total. The predicted molar refractivity (Wildman–Crippen MR) is 235 cm³/mol. The van der Waals surface area contributed by atoms with Crippen LogP contribution in [0.4, 0.5) is 0 Å². The van der Waals surface area contributed by atoms with Crippen LogP contribution < -0.4 is 10.6 Å². The predicted octanol–water partition coefficient (Wildman–Crippen LogP) is 5.62. The van der Waals surface area contributed by atoms with Gasteiger partial charge >= 0.3 is 28.3 Å². The first-order chi connectivity index (χ1) is 30.2. The summed E-state index contributed by atoms with van der Waals surface area (Å²) in [4.78, 5) is 47.9. The number of hydrogen-bond donors (Lipinski definition) is 2. The van der Waals surface area contributed by atoms with Gasteiger partial charge < -0.3 is 52.6 Å². The number of phosphoric acid groups is 1. The Morgan fingerprint density at radius 3 is 2.08 bits per heavy atom. The van der Waals surface area contributed by atoms with Gasteiger partial charge in [-0.3, -0.25) is 18.7 Å². The third-order valence-corrected chi connectivity index (χ3v) is 12.1. The van der Waals surface area contributed by atoms with E-state index in [1.165, 1.54) is 58.4 Å². The quantitative estimate of drug-likeness (QED) is 0.0145. The van der Waals surface area contributed by atoms with Crippen molar-refractivity contribution in [1.82, 2.24) is 0 Å². The van der Waals surface area contributed by atoms with E-state index in [1.54, 1.807) is 6.08 Å². The first-order valence-corrected chi connectivity index (χ1v) is 25.9. The molecule has 2 aliphatic rings. The highest BCUT2D eigenvalue weighted by Crippen LogP contribution is 2.45. The lowest BCUT2D eigenvalue weighted by atomic mass is 9.94. The van der Waals surface area contributed by atoms with Crippen molar-refractivity contribution in [2.45, 2.75) is 179 Å². The molecule has 0 aromatic heterocycles. The number of rotatable bonds is 38. The Bertz CT molecular complexity index is 1530. The van der Waals surface area contributed by atoms with Crippen molar-refractivity contribution in [2.24, 2.45) is 5.73 Å². The number of ether oxygens (including phenoxy) is 6. The summed E-state index contributed by atoms with van der Waals surface area (Å²) in [6.45, 7) is 2.40. The molecule has 2 bridgehead atoms. The van der Waals surface area contributed by atoms with Crippen molar-refractivity contribution in [1.29, 1.82) is 0 Å². The van der Waals surface area contributed by atoms with E-state index in [0.717, 1.165) is 70.6 Å². The summed E-state index contributed by atoms with van der Waals surface area (Å²) < 4.78 is 90.9. The normalized spacial score (nSPS) is 22.0. The number of unbranched alkanes of at least 4 members (excludes halogenated alkanes) is 14. The fourth-order valence-electron chi connectivity index (χ4n) is 7.41. The van der Waals surface area contributed by atoms with Crippen molar-refractivity contribution in [2.75, 3.05) is 67.3 Å². The number of carbonyl (C=O) groups excluding carboxylic acids is 3. The van der Waals surface area contributed by atoms with Crippen molar-refractivity contribution < 1.29 is 82.9 Å². The van der Waals surface area contributed by atoms with Crippen LogP contribution in [0.3, 0.4) is 0 Å². The van der Waals surface area contributed by atoms with Crippen molar-refractivity contribution in [3.8, 4) is 0 Å². The summed E-state index contributed by atoms with van der Waals surface area (Å²) in [7, 11) is -3.50. The highest BCUT2D eigenvalue weighted by Gasteiger charge is 2.54.